The molecular weight excluding hydrogens is 228 g/mol. The molecule has 0 spiro atoms. The minimum atomic E-state index is -0.463. The quantitative estimate of drug-likeness (QED) is 0.422. The van der Waals surface area contributed by atoms with Gasteiger partial charge >= 0.3 is 5.97 Å². The average Bonchev–Trinajstić information content (AvgIpc) is 2.36. The van der Waals surface area contributed by atoms with E-state index in [1.165, 1.54) is 11.6 Å². The van der Waals surface area contributed by atoms with Crippen LogP contribution in [0.15, 0.2) is 42.5 Å². The highest BCUT2D eigenvalue weighted by atomic mass is 16.5. The van der Waals surface area contributed by atoms with E-state index >= 15 is 0 Å². The molecule has 0 saturated heterocycles. The van der Waals surface area contributed by atoms with Gasteiger partial charge in [0, 0.05) is 0 Å². The van der Waals surface area contributed by atoms with Crippen LogP contribution in [0, 0.1) is 0 Å². The smallest absolute Gasteiger partial charge is 0.313 e. The Morgan fingerprint density at radius 1 is 1.22 bits per heavy atom. The Kier molecular flexibility index (Phi) is 6.47. The zero-order chi connectivity index (χ0) is 13.2. The number of hydrogen-bond acceptors (Lipinski definition) is 3. The summed E-state index contributed by atoms with van der Waals surface area (Å²) >= 11 is 0. The van der Waals surface area contributed by atoms with Gasteiger partial charge in [-0.25, -0.2) is 0 Å². The highest BCUT2D eigenvalue weighted by Crippen LogP contribution is 2.03. The minimum Gasteiger partial charge on any atom is -0.466 e. The molecule has 1 aromatic carbocycles. The Morgan fingerprint density at radius 2 is 1.94 bits per heavy atom. The third kappa shape index (κ3) is 5.99. The van der Waals surface area contributed by atoms with Crippen molar-refractivity contribution in [2.75, 3.05) is 6.61 Å². The predicted molar refractivity (Wildman–Crippen MR) is 70.2 cm³/mol. The molecule has 0 heterocycles. The SMILES string of the molecule is CCOC(=O)CC(=O)/C=C/CCc1ccccc1. The van der Waals surface area contributed by atoms with Crippen LogP contribution in [0.2, 0.25) is 0 Å². The summed E-state index contributed by atoms with van der Waals surface area (Å²) in [5.41, 5.74) is 1.24. The minimum absolute atomic E-state index is 0.171. The molecule has 3 heteroatoms. The summed E-state index contributed by atoms with van der Waals surface area (Å²) < 4.78 is 4.69. The van der Waals surface area contributed by atoms with Gasteiger partial charge in [-0.05, 0) is 31.4 Å². The molecule has 0 fully saturated rings. The third-order valence-electron chi connectivity index (χ3n) is 2.37. The van der Waals surface area contributed by atoms with Gasteiger partial charge < -0.3 is 4.74 Å². The second-order valence-corrected chi connectivity index (χ2v) is 3.87. The van der Waals surface area contributed by atoms with Crippen molar-refractivity contribution in [3.63, 3.8) is 0 Å². The lowest BCUT2D eigenvalue weighted by Gasteiger charge is -1.98. The standard InChI is InChI=1S/C15H18O3/c1-2-18-15(17)12-14(16)11-7-6-10-13-8-4-3-5-9-13/h3-5,7-9,11H,2,6,10,12H2,1H3/b11-7+. The normalized spacial score (nSPS) is 10.5. The van der Waals surface area contributed by atoms with Crippen molar-refractivity contribution in [3.05, 3.63) is 48.0 Å². The number of ether oxygens (including phenoxy) is 1. The molecule has 18 heavy (non-hydrogen) atoms. The maximum Gasteiger partial charge on any atom is 0.313 e. The Labute approximate surface area is 107 Å². The lowest BCUT2D eigenvalue weighted by molar-refractivity contribution is -0.144. The first kappa shape index (κ1) is 14.2. The number of carbonyl (C=O) groups is 2. The van der Waals surface area contributed by atoms with Crippen molar-refractivity contribution in [2.24, 2.45) is 0 Å². The summed E-state index contributed by atoms with van der Waals surface area (Å²) in [4.78, 5) is 22.4. The number of hydrogen-bond donors (Lipinski definition) is 0. The maximum absolute atomic E-state index is 11.4. The largest absolute Gasteiger partial charge is 0.466 e. The van der Waals surface area contributed by atoms with Crippen molar-refractivity contribution in [2.45, 2.75) is 26.2 Å². The highest BCUT2D eigenvalue weighted by Gasteiger charge is 2.06. The predicted octanol–water partition coefficient (Wildman–Crippen LogP) is 2.70. The van der Waals surface area contributed by atoms with Gasteiger partial charge in [0.15, 0.2) is 5.78 Å². The van der Waals surface area contributed by atoms with Crippen LogP contribution in [0.4, 0.5) is 0 Å². The zero-order valence-electron chi connectivity index (χ0n) is 10.6. The van der Waals surface area contributed by atoms with Gasteiger partial charge in [0.25, 0.3) is 0 Å². The molecule has 0 bridgehead atoms. The fourth-order valence-corrected chi connectivity index (χ4v) is 1.52. The van der Waals surface area contributed by atoms with Crippen LogP contribution in [-0.2, 0) is 20.7 Å². The molecule has 0 aliphatic carbocycles. The number of carbonyl (C=O) groups excluding carboxylic acids is 2. The number of esters is 1. The van der Waals surface area contributed by atoms with Crippen LogP contribution >= 0.6 is 0 Å². The van der Waals surface area contributed by atoms with Crippen LogP contribution in [0.5, 0.6) is 0 Å². The zero-order valence-corrected chi connectivity index (χ0v) is 10.6. The van der Waals surface area contributed by atoms with Crippen LogP contribution in [0.1, 0.15) is 25.3 Å². The summed E-state index contributed by atoms with van der Waals surface area (Å²) in [7, 11) is 0. The van der Waals surface area contributed by atoms with Crippen LogP contribution in [-0.4, -0.2) is 18.4 Å². The number of aryl methyl sites for hydroxylation is 1. The summed E-state index contributed by atoms with van der Waals surface area (Å²) in [6.07, 6.45) is 4.77. The molecule has 0 N–H and O–H groups in total. The summed E-state index contributed by atoms with van der Waals surface area (Å²) in [5.74, 6) is -0.670. The molecule has 1 aromatic rings. The Balaban J connectivity index is 2.24. The maximum atomic E-state index is 11.4. The third-order valence-corrected chi connectivity index (χ3v) is 2.37. The van der Waals surface area contributed by atoms with Crippen LogP contribution < -0.4 is 0 Å². The number of allylic oxidation sites excluding steroid dienone is 2. The topological polar surface area (TPSA) is 43.4 Å². The monoisotopic (exact) mass is 246 g/mol. The fourth-order valence-electron chi connectivity index (χ4n) is 1.52. The van der Waals surface area contributed by atoms with E-state index in [9.17, 15) is 9.59 Å². The molecule has 96 valence electrons. The second-order valence-electron chi connectivity index (χ2n) is 3.87. The van der Waals surface area contributed by atoms with Gasteiger partial charge in [0.2, 0.25) is 0 Å². The molecule has 0 atom stereocenters. The van der Waals surface area contributed by atoms with Crippen molar-refractivity contribution >= 4 is 11.8 Å². The van der Waals surface area contributed by atoms with E-state index < -0.39 is 5.97 Å². The van der Waals surface area contributed by atoms with E-state index in [4.69, 9.17) is 4.74 Å². The first-order valence-electron chi connectivity index (χ1n) is 6.11. The first-order chi connectivity index (χ1) is 8.72. The average molecular weight is 246 g/mol. The Morgan fingerprint density at radius 3 is 2.61 bits per heavy atom. The van der Waals surface area contributed by atoms with E-state index in [-0.39, 0.29) is 12.2 Å². The molecular formula is C15H18O3. The fraction of sp³-hybridized carbons (Fsp3) is 0.333. The van der Waals surface area contributed by atoms with Crippen molar-refractivity contribution in [3.8, 4) is 0 Å². The van der Waals surface area contributed by atoms with E-state index in [0.717, 1.165) is 12.8 Å². The van der Waals surface area contributed by atoms with E-state index in [1.54, 1.807) is 13.0 Å². The summed E-state index contributed by atoms with van der Waals surface area (Å²) in [6, 6.07) is 10.1. The lowest BCUT2D eigenvalue weighted by atomic mass is 10.1. The van der Waals surface area contributed by atoms with E-state index in [1.807, 2.05) is 30.3 Å². The molecule has 3 nitrogen and oxygen atoms in total. The Hall–Kier alpha value is -1.90. The molecule has 1 rings (SSSR count). The van der Waals surface area contributed by atoms with E-state index in [0.29, 0.717) is 6.61 Å². The molecule has 0 amide bonds. The van der Waals surface area contributed by atoms with Gasteiger partial charge in [-0.1, -0.05) is 36.4 Å². The molecule has 0 aromatic heterocycles. The van der Waals surface area contributed by atoms with Gasteiger partial charge in [-0.3, -0.25) is 9.59 Å². The first-order valence-corrected chi connectivity index (χ1v) is 6.11. The van der Waals surface area contributed by atoms with Crippen molar-refractivity contribution < 1.29 is 14.3 Å². The van der Waals surface area contributed by atoms with Crippen molar-refractivity contribution in [1.29, 1.82) is 0 Å². The second kappa shape index (κ2) is 8.23. The van der Waals surface area contributed by atoms with Gasteiger partial charge in [-0.15, -0.1) is 0 Å². The van der Waals surface area contributed by atoms with Gasteiger partial charge in [-0.2, -0.15) is 0 Å². The number of ketones is 1. The molecule has 0 unspecified atom stereocenters. The highest BCUT2D eigenvalue weighted by molar-refractivity contribution is 6.01. The van der Waals surface area contributed by atoms with Gasteiger partial charge in [0.05, 0.1) is 6.61 Å². The number of rotatable bonds is 7. The van der Waals surface area contributed by atoms with Gasteiger partial charge in [0.1, 0.15) is 6.42 Å². The molecule has 0 saturated carbocycles. The van der Waals surface area contributed by atoms with Crippen LogP contribution in [0.3, 0.4) is 0 Å². The summed E-state index contributed by atoms with van der Waals surface area (Å²) in [6.45, 7) is 2.03. The van der Waals surface area contributed by atoms with Crippen molar-refractivity contribution in [1.82, 2.24) is 0 Å². The van der Waals surface area contributed by atoms with E-state index in [2.05, 4.69) is 0 Å². The molecule has 0 aliphatic rings. The Bertz CT molecular complexity index is 407. The summed E-state index contributed by atoms with van der Waals surface area (Å²) in [5, 5.41) is 0. The van der Waals surface area contributed by atoms with Crippen LogP contribution in [0.25, 0.3) is 0 Å². The lowest BCUT2D eigenvalue weighted by Crippen LogP contribution is -2.09. The number of benzene rings is 1. The molecule has 0 aliphatic heterocycles. The molecule has 0 radical (unpaired) electrons.